The van der Waals surface area contributed by atoms with Gasteiger partial charge in [-0.15, -0.1) is 17.0 Å². The lowest BCUT2D eigenvalue weighted by molar-refractivity contribution is -0.154. The fourth-order valence-corrected chi connectivity index (χ4v) is 1.29. The Kier molecular flexibility index (Phi) is 7.67. The van der Waals surface area contributed by atoms with Gasteiger partial charge in [0, 0.05) is 0 Å². The lowest BCUT2D eigenvalue weighted by Gasteiger charge is -2.24. The first kappa shape index (κ1) is 15.8. The molecule has 0 bridgehead atoms. The summed E-state index contributed by atoms with van der Waals surface area (Å²) in [6.07, 6.45) is 0.310. The lowest BCUT2D eigenvalue weighted by atomic mass is 9.96. The maximum Gasteiger partial charge on any atom is 0.321 e. The largest absolute Gasteiger partial charge is 0.481 e. The first-order chi connectivity index (χ1) is 5.91. The van der Waals surface area contributed by atoms with Gasteiger partial charge in [-0.05, 0) is 20.5 Å². The van der Waals surface area contributed by atoms with Crippen molar-refractivity contribution in [3.63, 3.8) is 0 Å². The molecular formula is C8H16BrNO4. The number of hydrogen-bond donors (Lipinski definition) is 2. The quantitative estimate of drug-likeness (QED) is 0.768. The van der Waals surface area contributed by atoms with E-state index in [2.05, 4.69) is 0 Å². The first-order valence-corrected chi connectivity index (χ1v) is 4.03. The summed E-state index contributed by atoms with van der Waals surface area (Å²) in [5.41, 5.74) is 0. The predicted molar refractivity (Wildman–Crippen MR) is 56.8 cm³/mol. The second-order valence-electron chi connectivity index (χ2n) is 3.10. The average molecular weight is 270 g/mol. The van der Waals surface area contributed by atoms with Gasteiger partial charge in [0.05, 0.1) is 5.92 Å². The van der Waals surface area contributed by atoms with Gasteiger partial charge < -0.3 is 10.2 Å². The third kappa shape index (κ3) is 4.06. The van der Waals surface area contributed by atoms with Crippen LogP contribution < -0.4 is 0 Å². The number of nitrogens with zero attached hydrogens (tertiary/aromatic N) is 1. The molecule has 0 aromatic carbocycles. The third-order valence-electron chi connectivity index (χ3n) is 1.95. The van der Waals surface area contributed by atoms with Gasteiger partial charge in [-0.1, -0.05) is 6.92 Å². The van der Waals surface area contributed by atoms with Crippen LogP contribution in [0.5, 0.6) is 0 Å². The Bertz CT molecular complexity index is 208. The molecular weight excluding hydrogens is 254 g/mol. The van der Waals surface area contributed by atoms with Gasteiger partial charge in [0.2, 0.25) is 0 Å². The SMILES string of the molecule is Br.CC[C@H](C(=O)O)[C@@H](C(=O)O)N(C)C. The molecule has 14 heavy (non-hydrogen) atoms. The Labute approximate surface area is 93.5 Å². The van der Waals surface area contributed by atoms with Crippen LogP contribution in [0.4, 0.5) is 0 Å². The van der Waals surface area contributed by atoms with Crippen molar-refractivity contribution in [2.24, 2.45) is 5.92 Å². The highest BCUT2D eigenvalue weighted by atomic mass is 79.9. The number of carboxylic acid groups (broad SMARTS) is 2. The summed E-state index contributed by atoms with van der Waals surface area (Å²) in [4.78, 5) is 22.8. The molecule has 84 valence electrons. The van der Waals surface area contributed by atoms with Gasteiger partial charge in [0.15, 0.2) is 0 Å². The van der Waals surface area contributed by atoms with Gasteiger partial charge in [-0.3, -0.25) is 14.5 Å². The van der Waals surface area contributed by atoms with Crippen molar-refractivity contribution in [1.29, 1.82) is 0 Å². The second-order valence-corrected chi connectivity index (χ2v) is 3.10. The van der Waals surface area contributed by atoms with Crippen molar-refractivity contribution in [3.05, 3.63) is 0 Å². The molecule has 0 aliphatic heterocycles. The topological polar surface area (TPSA) is 77.8 Å². The number of halogens is 1. The van der Waals surface area contributed by atoms with E-state index < -0.39 is 23.9 Å². The maximum absolute atomic E-state index is 10.7. The molecule has 0 rings (SSSR count). The number of aliphatic carboxylic acids is 2. The van der Waals surface area contributed by atoms with E-state index in [0.717, 1.165) is 0 Å². The highest BCUT2D eigenvalue weighted by Gasteiger charge is 2.33. The summed E-state index contributed by atoms with van der Waals surface area (Å²) in [6, 6.07) is -0.956. The van der Waals surface area contributed by atoms with Crippen LogP contribution in [0.15, 0.2) is 0 Å². The zero-order valence-electron chi connectivity index (χ0n) is 8.43. The van der Waals surface area contributed by atoms with Crippen LogP contribution in [-0.4, -0.2) is 47.2 Å². The third-order valence-corrected chi connectivity index (χ3v) is 1.95. The molecule has 0 aromatic heterocycles. The fourth-order valence-electron chi connectivity index (χ4n) is 1.29. The molecule has 0 amide bonds. The van der Waals surface area contributed by atoms with Crippen LogP contribution in [-0.2, 0) is 9.59 Å². The van der Waals surface area contributed by atoms with E-state index >= 15 is 0 Å². The zero-order valence-corrected chi connectivity index (χ0v) is 10.1. The minimum atomic E-state index is -1.10. The molecule has 2 N–H and O–H groups in total. The van der Waals surface area contributed by atoms with Crippen LogP contribution in [0.2, 0.25) is 0 Å². The number of likely N-dealkylation sites (N-methyl/N-ethyl adjacent to an activating group) is 1. The van der Waals surface area contributed by atoms with Crippen molar-refractivity contribution >= 4 is 28.9 Å². The molecule has 5 nitrogen and oxygen atoms in total. The standard InChI is InChI=1S/C8H15NO4.BrH/c1-4-5(7(10)11)6(8(12)13)9(2)3;/h5-6H,4H2,1-3H3,(H,10,11)(H,12,13);1H/t5-,6-;/m0./s1. The summed E-state index contributed by atoms with van der Waals surface area (Å²) in [7, 11) is 3.12. The molecule has 0 unspecified atom stereocenters. The minimum absolute atomic E-state index is 0. The van der Waals surface area contributed by atoms with Crippen LogP contribution in [0.3, 0.4) is 0 Å². The smallest absolute Gasteiger partial charge is 0.321 e. The van der Waals surface area contributed by atoms with Crippen LogP contribution in [0.1, 0.15) is 13.3 Å². The highest BCUT2D eigenvalue weighted by Crippen LogP contribution is 2.13. The summed E-state index contributed by atoms with van der Waals surface area (Å²) in [5, 5.41) is 17.5. The molecule has 0 fully saturated rings. The molecule has 0 saturated carbocycles. The Balaban J connectivity index is 0. The lowest BCUT2D eigenvalue weighted by Crippen LogP contribution is -2.44. The summed E-state index contributed by atoms with van der Waals surface area (Å²) < 4.78 is 0. The van der Waals surface area contributed by atoms with Crippen molar-refractivity contribution in [2.75, 3.05) is 14.1 Å². The zero-order chi connectivity index (χ0) is 10.6. The summed E-state index contributed by atoms with van der Waals surface area (Å²) >= 11 is 0. The van der Waals surface area contributed by atoms with Gasteiger partial charge in [0.1, 0.15) is 6.04 Å². The monoisotopic (exact) mass is 269 g/mol. The normalized spacial score (nSPS) is 14.3. The van der Waals surface area contributed by atoms with Gasteiger partial charge in [-0.25, -0.2) is 0 Å². The Morgan fingerprint density at radius 3 is 1.71 bits per heavy atom. The fraction of sp³-hybridized carbons (Fsp3) is 0.750. The highest BCUT2D eigenvalue weighted by molar-refractivity contribution is 8.93. The summed E-state index contributed by atoms with van der Waals surface area (Å²) in [6.45, 7) is 1.66. The van der Waals surface area contributed by atoms with E-state index in [9.17, 15) is 9.59 Å². The van der Waals surface area contributed by atoms with E-state index in [1.807, 2.05) is 0 Å². The molecule has 6 heteroatoms. The Morgan fingerprint density at radius 1 is 1.21 bits per heavy atom. The minimum Gasteiger partial charge on any atom is -0.481 e. The molecule has 0 saturated heterocycles. The van der Waals surface area contributed by atoms with Gasteiger partial charge in [-0.2, -0.15) is 0 Å². The number of carboxylic acids is 2. The molecule has 0 aliphatic rings. The molecule has 2 atom stereocenters. The molecule has 0 spiro atoms. The Morgan fingerprint density at radius 2 is 1.64 bits per heavy atom. The van der Waals surface area contributed by atoms with Crippen LogP contribution in [0.25, 0.3) is 0 Å². The predicted octanol–water partition coefficient (Wildman–Crippen LogP) is 0.690. The van der Waals surface area contributed by atoms with Gasteiger partial charge >= 0.3 is 11.9 Å². The van der Waals surface area contributed by atoms with E-state index in [-0.39, 0.29) is 17.0 Å². The van der Waals surface area contributed by atoms with Crippen LogP contribution in [0, 0.1) is 5.92 Å². The average Bonchev–Trinajstić information content (AvgIpc) is 1.97. The number of carbonyl (C=O) groups is 2. The molecule has 0 aliphatic carbocycles. The maximum atomic E-state index is 10.7. The van der Waals surface area contributed by atoms with Crippen molar-refractivity contribution < 1.29 is 19.8 Å². The molecule has 0 radical (unpaired) electrons. The van der Waals surface area contributed by atoms with Gasteiger partial charge in [0.25, 0.3) is 0 Å². The van der Waals surface area contributed by atoms with E-state index in [0.29, 0.717) is 6.42 Å². The van der Waals surface area contributed by atoms with E-state index in [4.69, 9.17) is 10.2 Å². The Hall–Kier alpha value is -0.620. The number of rotatable bonds is 5. The second kappa shape index (κ2) is 6.78. The number of hydrogen-bond acceptors (Lipinski definition) is 3. The van der Waals surface area contributed by atoms with Crippen molar-refractivity contribution in [2.45, 2.75) is 19.4 Å². The van der Waals surface area contributed by atoms with E-state index in [1.54, 1.807) is 21.0 Å². The van der Waals surface area contributed by atoms with Crippen molar-refractivity contribution in [3.8, 4) is 0 Å². The van der Waals surface area contributed by atoms with E-state index in [1.165, 1.54) is 4.90 Å². The van der Waals surface area contributed by atoms with Crippen molar-refractivity contribution in [1.82, 2.24) is 4.90 Å². The first-order valence-electron chi connectivity index (χ1n) is 4.03. The van der Waals surface area contributed by atoms with Crippen LogP contribution >= 0.6 is 17.0 Å². The molecule has 0 heterocycles. The molecule has 0 aromatic rings. The summed E-state index contributed by atoms with van der Waals surface area (Å²) in [5.74, 6) is -3.02.